The van der Waals surface area contributed by atoms with Gasteiger partial charge in [0.25, 0.3) is 0 Å². The van der Waals surface area contributed by atoms with E-state index in [1.165, 1.54) is 0 Å². The van der Waals surface area contributed by atoms with Crippen molar-refractivity contribution in [3.05, 3.63) is 35.9 Å². The quantitative estimate of drug-likeness (QED) is 0.794. The molecule has 1 aromatic carbocycles. The second kappa shape index (κ2) is 6.23. The molecular weight excluding hydrogens is 296 g/mol. The Morgan fingerprint density at radius 2 is 1.95 bits per heavy atom. The number of carboxylic acid groups (broad SMARTS) is 1. The fraction of sp³-hybridized carbons (Fsp3) is 0.385. The summed E-state index contributed by atoms with van der Waals surface area (Å²) in [4.78, 5) is 23.1. The van der Waals surface area contributed by atoms with Gasteiger partial charge in [-0.15, -0.1) is 0 Å². The number of carbonyl (C=O) groups excluding carboxylic acids is 1. The first kappa shape index (κ1) is 15.5. The molecule has 1 aliphatic rings. The Balaban J connectivity index is 2.04. The smallest absolute Gasteiger partial charge is 0.330 e. The van der Waals surface area contributed by atoms with Crippen LogP contribution in [-0.2, 0) is 19.6 Å². The highest BCUT2D eigenvalue weighted by atomic mass is 32.2. The van der Waals surface area contributed by atoms with Gasteiger partial charge in [-0.1, -0.05) is 30.3 Å². The zero-order valence-electron chi connectivity index (χ0n) is 11.2. The minimum Gasteiger partial charge on any atom is -0.479 e. The average molecular weight is 312 g/mol. The molecule has 2 rings (SSSR count). The van der Waals surface area contributed by atoms with Crippen molar-refractivity contribution in [2.24, 2.45) is 0 Å². The zero-order chi connectivity index (χ0) is 15.5. The first-order valence-corrected chi connectivity index (χ1v) is 8.06. The number of nitrogens with zero attached hydrogens (tertiary/aromatic N) is 1. The SMILES string of the molecule is O=C(CN1CCCS1(=O)=O)N[C@H](C(=O)O)c1ccccc1. The minimum atomic E-state index is -3.38. The summed E-state index contributed by atoms with van der Waals surface area (Å²) in [5, 5.41) is 11.5. The summed E-state index contributed by atoms with van der Waals surface area (Å²) in [6, 6.07) is 7.06. The Morgan fingerprint density at radius 3 is 2.48 bits per heavy atom. The number of sulfonamides is 1. The summed E-state index contributed by atoms with van der Waals surface area (Å²) < 4.78 is 24.3. The Morgan fingerprint density at radius 1 is 1.29 bits per heavy atom. The lowest BCUT2D eigenvalue weighted by Gasteiger charge is -2.18. The predicted molar refractivity (Wildman–Crippen MR) is 74.9 cm³/mol. The lowest BCUT2D eigenvalue weighted by atomic mass is 10.1. The van der Waals surface area contributed by atoms with Gasteiger partial charge < -0.3 is 10.4 Å². The maximum atomic E-state index is 11.9. The summed E-state index contributed by atoms with van der Waals surface area (Å²) in [7, 11) is -3.38. The lowest BCUT2D eigenvalue weighted by Crippen LogP contribution is -2.41. The van der Waals surface area contributed by atoms with Gasteiger partial charge in [-0.05, 0) is 12.0 Å². The van der Waals surface area contributed by atoms with Crippen LogP contribution in [0.1, 0.15) is 18.0 Å². The first-order chi connectivity index (χ1) is 9.90. The van der Waals surface area contributed by atoms with Crippen molar-refractivity contribution in [3.8, 4) is 0 Å². The average Bonchev–Trinajstić information content (AvgIpc) is 2.76. The van der Waals surface area contributed by atoms with Gasteiger partial charge in [0, 0.05) is 6.54 Å². The van der Waals surface area contributed by atoms with E-state index < -0.39 is 27.9 Å². The molecule has 1 heterocycles. The predicted octanol–water partition coefficient (Wildman–Crippen LogP) is -0.0360. The number of amides is 1. The molecule has 7 nitrogen and oxygen atoms in total. The highest BCUT2D eigenvalue weighted by molar-refractivity contribution is 7.89. The molecule has 0 bridgehead atoms. The van der Waals surface area contributed by atoms with Crippen LogP contribution in [0.3, 0.4) is 0 Å². The third kappa shape index (κ3) is 3.79. The van der Waals surface area contributed by atoms with Gasteiger partial charge in [0.1, 0.15) is 0 Å². The van der Waals surface area contributed by atoms with Crippen molar-refractivity contribution in [1.29, 1.82) is 0 Å². The molecule has 0 aliphatic carbocycles. The van der Waals surface area contributed by atoms with E-state index in [1.54, 1.807) is 30.3 Å². The largest absolute Gasteiger partial charge is 0.479 e. The maximum Gasteiger partial charge on any atom is 0.330 e. The first-order valence-electron chi connectivity index (χ1n) is 6.45. The molecule has 21 heavy (non-hydrogen) atoms. The summed E-state index contributed by atoms with van der Waals surface area (Å²) in [6.07, 6.45) is 0.483. The van der Waals surface area contributed by atoms with Crippen LogP contribution < -0.4 is 5.32 Å². The summed E-state index contributed by atoms with van der Waals surface area (Å²) in [6.45, 7) is -0.0578. The number of carbonyl (C=O) groups is 2. The highest BCUT2D eigenvalue weighted by Crippen LogP contribution is 2.15. The van der Waals surface area contributed by atoms with Gasteiger partial charge in [-0.25, -0.2) is 13.2 Å². The van der Waals surface area contributed by atoms with Crippen molar-refractivity contribution >= 4 is 21.9 Å². The van der Waals surface area contributed by atoms with Crippen molar-refractivity contribution in [1.82, 2.24) is 9.62 Å². The van der Waals surface area contributed by atoms with Gasteiger partial charge in [0.2, 0.25) is 15.9 Å². The van der Waals surface area contributed by atoms with E-state index >= 15 is 0 Å². The second-order valence-corrected chi connectivity index (χ2v) is 6.84. The highest BCUT2D eigenvalue weighted by Gasteiger charge is 2.31. The summed E-state index contributed by atoms with van der Waals surface area (Å²) in [5.74, 6) is -1.79. The molecule has 1 amide bonds. The van der Waals surface area contributed by atoms with E-state index in [1.807, 2.05) is 0 Å². The number of carboxylic acids is 1. The third-order valence-corrected chi connectivity index (χ3v) is 5.11. The molecule has 0 aromatic heterocycles. The molecule has 0 unspecified atom stereocenters. The topological polar surface area (TPSA) is 104 Å². The molecule has 0 radical (unpaired) electrons. The van der Waals surface area contributed by atoms with Crippen LogP contribution in [0.25, 0.3) is 0 Å². The molecule has 2 N–H and O–H groups in total. The van der Waals surface area contributed by atoms with E-state index in [9.17, 15) is 23.1 Å². The molecular formula is C13H16N2O5S. The third-order valence-electron chi connectivity index (χ3n) is 3.21. The zero-order valence-corrected chi connectivity index (χ0v) is 12.0. The molecule has 0 spiro atoms. The number of benzene rings is 1. The monoisotopic (exact) mass is 312 g/mol. The standard InChI is InChI=1S/C13H16N2O5S/c16-11(9-15-7-4-8-21(15,19)20)14-12(13(17)18)10-5-2-1-3-6-10/h1-3,5-6,12H,4,7-9H2,(H,14,16)(H,17,18)/t12-/m0/s1. The van der Waals surface area contributed by atoms with Crippen molar-refractivity contribution < 1.29 is 23.1 Å². The Hall–Kier alpha value is -1.93. The van der Waals surface area contributed by atoms with Crippen LogP contribution in [-0.4, -0.2) is 48.5 Å². The fourth-order valence-corrected chi connectivity index (χ4v) is 3.64. The van der Waals surface area contributed by atoms with Crippen LogP contribution in [0, 0.1) is 0 Å². The normalized spacial score (nSPS) is 19.0. The molecule has 1 fully saturated rings. The van der Waals surface area contributed by atoms with Gasteiger partial charge in [-0.3, -0.25) is 4.79 Å². The van der Waals surface area contributed by atoms with Crippen molar-refractivity contribution in [2.45, 2.75) is 12.5 Å². The molecule has 1 atom stereocenters. The van der Waals surface area contributed by atoms with Gasteiger partial charge >= 0.3 is 5.97 Å². The number of hydrogen-bond acceptors (Lipinski definition) is 4. The van der Waals surface area contributed by atoms with E-state index in [0.717, 1.165) is 4.31 Å². The minimum absolute atomic E-state index is 0.0291. The Bertz CT molecular complexity index is 629. The molecule has 1 aromatic rings. The van der Waals surface area contributed by atoms with Crippen LogP contribution >= 0.6 is 0 Å². The Labute approximate surface area is 122 Å². The number of rotatable bonds is 5. The number of nitrogens with one attached hydrogen (secondary N) is 1. The van der Waals surface area contributed by atoms with Gasteiger partial charge in [-0.2, -0.15) is 4.31 Å². The Kier molecular flexibility index (Phi) is 4.59. The molecule has 1 saturated heterocycles. The summed E-state index contributed by atoms with van der Waals surface area (Å²) in [5.41, 5.74) is 0.433. The molecule has 8 heteroatoms. The number of aliphatic carboxylic acids is 1. The lowest BCUT2D eigenvalue weighted by molar-refractivity contribution is -0.142. The van der Waals surface area contributed by atoms with Crippen LogP contribution in [0.5, 0.6) is 0 Å². The number of hydrogen-bond donors (Lipinski definition) is 2. The molecule has 0 saturated carbocycles. The van der Waals surface area contributed by atoms with Crippen LogP contribution in [0.15, 0.2) is 30.3 Å². The van der Waals surface area contributed by atoms with Gasteiger partial charge in [0.05, 0.1) is 12.3 Å². The fourth-order valence-electron chi connectivity index (χ4n) is 2.17. The van der Waals surface area contributed by atoms with E-state index in [0.29, 0.717) is 18.5 Å². The summed E-state index contributed by atoms with van der Waals surface area (Å²) >= 11 is 0. The van der Waals surface area contributed by atoms with Crippen LogP contribution in [0.4, 0.5) is 0 Å². The van der Waals surface area contributed by atoms with Gasteiger partial charge in [0.15, 0.2) is 6.04 Å². The maximum absolute atomic E-state index is 11.9. The second-order valence-electron chi connectivity index (χ2n) is 4.75. The molecule has 1 aliphatic heterocycles. The van der Waals surface area contributed by atoms with Crippen LogP contribution in [0.2, 0.25) is 0 Å². The molecule has 114 valence electrons. The van der Waals surface area contributed by atoms with Crippen molar-refractivity contribution in [3.63, 3.8) is 0 Å². The van der Waals surface area contributed by atoms with E-state index in [-0.39, 0.29) is 12.3 Å². The van der Waals surface area contributed by atoms with E-state index in [2.05, 4.69) is 5.32 Å². The van der Waals surface area contributed by atoms with Crippen molar-refractivity contribution in [2.75, 3.05) is 18.8 Å². The van der Waals surface area contributed by atoms with E-state index in [4.69, 9.17) is 0 Å².